The van der Waals surface area contributed by atoms with E-state index in [0.717, 1.165) is 49.7 Å². The van der Waals surface area contributed by atoms with Gasteiger partial charge in [-0.15, -0.1) is 0 Å². The van der Waals surface area contributed by atoms with E-state index in [1.807, 2.05) is 6.07 Å². The molecular formula is C31H43NO5. The van der Waals surface area contributed by atoms with Crippen LogP contribution in [0.15, 0.2) is 36.4 Å². The van der Waals surface area contributed by atoms with Crippen molar-refractivity contribution in [2.24, 2.45) is 0 Å². The van der Waals surface area contributed by atoms with Crippen LogP contribution in [0.3, 0.4) is 0 Å². The summed E-state index contributed by atoms with van der Waals surface area (Å²) >= 11 is 0. The van der Waals surface area contributed by atoms with E-state index in [1.165, 1.54) is 63.3 Å². The first-order valence-corrected chi connectivity index (χ1v) is 13.9. The highest BCUT2D eigenvalue weighted by molar-refractivity contribution is 5.91. The lowest BCUT2D eigenvalue weighted by Crippen LogP contribution is -2.06. The van der Waals surface area contributed by atoms with Crippen molar-refractivity contribution in [2.45, 2.75) is 104 Å². The summed E-state index contributed by atoms with van der Waals surface area (Å²) in [6, 6.07) is 9.74. The van der Waals surface area contributed by atoms with Gasteiger partial charge < -0.3 is 15.4 Å². The summed E-state index contributed by atoms with van der Waals surface area (Å²) in [7, 11) is 0. The Bertz CT molecular complexity index is 1040. The maximum atomic E-state index is 13.1. The van der Waals surface area contributed by atoms with Crippen LogP contribution in [-0.4, -0.2) is 33.1 Å². The molecule has 0 bridgehead atoms. The Balaban J connectivity index is 2.20. The lowest BCUT2D eigenvalue weighted by Gasteiger charge is -2.09. The highest BCUT2D eigenvalue weighted by Gasteiger charge is 2.14. The van der Waals surface area contributed by atoms with Gasteiger partial charge in [-0.05, 0) is 61.1 Å². The fourth-order valence-corrected chi connectivity index (χ4v) is 4.56. The first-order valence-electron chi connectivity index (χ1n) is 13.9. The number of nitrogens with zero attached hydrogens (tertiary/aromatic N) is 1. The molecule has 0 spiro atoms. The molecule has 2 N–H and O–H groups in total. The van der Waals surface area contributed by atoms with E-state index in [4.69, 9.17) is 0 Å². The molecule has 0 heterocycles. The third-order valence-corrected chi connectivity index (χ3v) is 6.65. The zero-order valence-electron chi connectivity index (χ0n) is 22.5. The summed E-state index contributed by atoms with van der Waals surface area (Å²) in [4.78, 5) is 23.4. The van der Waals surface area contributed by atoms with Gasteiger partial charge in [-0.25, -0.2) is 9.59 Å². The maximum Gasteiger partial charge on any atom is 0.335 e. The number of aryl methyl sites for hydroxylation is 2. The second kappa shape index (κ2) is 16.6. The molecule has 2 aromatic rings. The van der Waals surface area contributed by atoms with E-state index in [-0.39, 0.29) is 16.8 Å². The van der Waals surface area contributed by atoms with Gasteiger partial charge in [-0.2, -0.15) is 4.74 Å². The third kappa shape index (κ3) is 11.2. The molecule has 0 saturated carbocycles. The number of carboxylic acids is 2. The van der Waals surface area contributed by atoms with E-state index >= 15 is 0 Å². The fourth-order valence-electron chi connectivity index (χ4n) is 4.56. The highest BCUT2D eigenvalue weighted by Crippen LogP contribution is 2.21. The van der Waals surface area contributed by atoms with Gasteiger partial charge >= 0.3 is 11.9 Å². The van der Waals surface area contributed by atoms with Crippen molar-refractivity contribution in [3.63, 3.8) is 0 Å². The van der Waals surface area contributed by atoms with Crippen LogP contribution in [0.5, 0.6) is 0 Å². The van der Waals surface area contributed by atoms with Crippen molar-refractivity contribution in [1.29, 1.82) is 0 Å². The van der Waals surface area contributed by atoms with Crippen LogP contribution in [0.4, 0.5) is 5.69 Å². The molecule has 6 nitrogen and oxygen atoms in total. The number of aromatic carboxylic acids is 2. The van der Waals surface area contributed by atoms with E-state index < -0.39 is 11.9 Å². The van der Waals surface area contributed by atoms with Crippen LogP contribution in [0.2, 0.25) is 0 Å². The fraction of sp³-hybridized carbons (Fsp3) is 0.516. The second-order valence-electron chi connectivity index (χ2n) is 9.95. The molecule has 0 saturated heterocycles. The summed E-state index contributed by atoms with van der Waals surface area (Å²) in [5.74, 6) is -2.11. The molecule has 37 heavy (non-hydrogen) atoms. The molecule has 202 valence electrons. The molecule has 0 aliphatic carbocycles. The Morgan fingerprint density at radius 3 is 1.65 bits per heavy atom. The lowest BCUT2D eigenvalue weighted by atomic mass is 10.0. The van der Waals surface area contributed by atoms with Gasteiger partial charge in [-0.3, -0.25) is 0 Å². The smallest absolute Gasteiger partial charge is 0.335 e. The summed E-state index contributed by atoms with van der Waals surface area (Å²) in [5.41, 5.74) is 2.66. The average molecular weight is 510 g/mol. The summed E-state index contributed by atoms with van der Waals surface area (Å²) < 4.78 is 0.646. The largest absolute Gasteiger partial charge is 0.618 e. The van der Waals surface area contributed by atoms with Gasteiger partial charge in [0, 0.05) is 17.7 Å². The number of carbonyl (C=O) groups is 2. The number of rotatable bonds is 18. The number of benzene rings is 2. The summed E-state index contributed by atoms with van der Waals surface area (Å²) in [5, 5.41) is 32.2. The minimum absolute atomic E-state index is 0.0794. The molecule has 0 unspecified atom stereocenters. The predicted octanol–water partition coefficient (Wildman–Crippen LogP) is 8.15. The SMILES string of the molecule is CCCCCCCCc1cc(/C=[N+](\[O-])c2cc(CCCCCCCC)cc(C(=O)O)c2)cc(C(=O)O)c1. The first-order chi connectivity index (χ1) is 17.8. The number of carboxylic acid groups (broad SMARTS) is 2. The molecule has 6 heteroatoms. The van der Waals surface area contributed by atoms with Crippen LogP contribution >= 0.6 is 0 Å². The zero-order chi connectivity index (χ0) is 27.0. The third-order valence-electron chi connectivity index (χ3n) is 6.65. The molecule has 0 amide bonds. The lowest BCUT2D eigenvalue weighted by molar-refractivity contribution is -0.354. The summed E-state index contributed by atoms with van der Waals surface area (Å²) in [6.45, 7) is 4.36. The number of hydrogen-bond donors (Lipinski definition) is 2. The van der Waals surface area contributed by atoms with Crippen LogP contribution in [0, 0.1) is 5.21 Å². The predicted molar refractivity (Wildman–Crippen MR) is 149 cm³/mol. The van der Waals surface area contributed by atoms with E-state index in [2.05, 4.69) is 13.8 Å². The van der Waals surface area contributed by atoms with Gasteiger partial charge in [0.15, 0.2) is 6.21 Å². The Labute approximate surface area is 221 Å². The molecule has 0 aliphatic rings. The monoisotopic (exact) mass is 509 g/mol. The van der Waals surface area contributed by atoms with E-state index in [1.54, 1.807) is 18.2 Å². The van der Waals surface area contributed by atoms with Gasteiger partial charge in [-0.1, -0.05) is 78.1 Å². The van der Waals surface area contributed by atoms with Crippen molar-refractivity contribution < 1.29 is 24.5 Å². The molecule has 2 rings (SSSR count). The van der Waals surface area contributed by atoms with Crippen LogP contribution in [0.1, 0.15) is 128 Å². The van der Waals surface area contributed by atoms with Crippen molar-refractivity contribution in [2.75, 3.05) is 0 Å². The topological polar surface area (TPSA) is 101 Å². The minimum atomic E-state index is -1.08. The second-order valence-corrected chi connectivity index (χ2v) is 9.95. The Morgan fingerprint density at radius 2 is 1.14 bits per heavy atom. The molecule has 0 aromatic heterocycles. The van der Waals surface area contributed by atoms with Crippen LogP contribution < -0.4 is 0 Å². The van der Waals surface area contributed by atoms with Crippen molar-refractivity contribution in [3.8, 4) is 0 Å². The molecule has 0 fully saturated rings. The van der Waals surface area contributed by atoms with E-state index in [0.29, 0.717) is 16.7 Å². The molecule has 0 atom stereocenters. The molecule has 0 radical (unpaired) electrons. The zero-order valence-corrected chi connectivity index (χ0v) is 22.5. The quantitative estimate of drug-likeness (QED) is 0.0694. The number of unbranched alkanes of at least 4 members (excludes halogenated alkanes) is 10. The normalized spacial score (nSPS) is 11.6. The van der Waals surface area contributed by atoms with Crippen LogP contribution in [-0.2, 0) is 12.8 Å². The average Bonchev–Trinajstić information content (AvgIpc) is 2.87. The molecular weight excluding hydrogens is 466 g/mol. The number of hydrogen-bond acceptors (Lipinski definition) is 3. The maximum absolute atomic E-state index is 13.1. The van der Waals surface area contributed by atoms with Gasteiger partial charge in [0.1, 0.15) is 0 Å². The van der Waals surface area contributed by atoms with Crippen LogP contribution in [0.25, 0.3) is 0 Å². The Hall–Kier alpha value is -3.15. The first kappa shape index (κ1) is 30.1. The minimum Gasteiger partial charge on any atom is -0.618 e. The van der Waals surface area contributed by atoms with Gasteiger partial charge in [0.05, 0.1) is 11.1 Å². The van der Waals surface area contributed by atoms with Gasteiger partial charge in [0.25, 0.3) is 0 Å². The van der Waals surface area contributed by atoms with Crippen molar-refractivity contribution in [1.82, 2.24) is 0 Å². The van der Waals surface area contributed by atoms with Crippen molar-refractivity contribution >= 4 is 23.8 Å². The van der Waals surface area contributed by atoms with Crippen molar-refractivity contribution in [3.05, 3.63) is 69.4 Å². The van der Waals surface area contributed by atoms with Gasteiger partial charge in [0.2, 0.25) is 5.69 Å². The molecule has 2 aromatic carbocycles. The summed E-state index contributed by atoms with van der Waals surface area (Å²) in [6.07, 6.45) is 16.5. The standard InChI is InChI=1S/C31H43NO5/c1-3-5-7-9-11-13-15-24-17-26(20-27(18-24)30(33)34)23-32(37)29-21-25(19-28(22-29)31(35)36)16-14-12-10-8-6-4-2/h17-23H,3-16H2,1-2H3,(H,33,34)(H,35,36)/b32-23-. The Kier molecular flexibility index (Phi) is 13.5. The van der Waals surface area contributed by atoms with E-state index in [9.17, 15) is 25.0 Å². The highest BCUT2D eigenvalue weighted by atomic mass is 16.5. The molecule has 0 aliphatic heterocycles. The Morgan fingerprint density at radius 1 is 0.676 bits per heavy atom.